The van der Waals surface area contributed by atoms with Crippen LogP contribution >= 0.6 is 0 Å². The summed E-state index contributed by atoms with van der Waals surface area (Å²) in [5.74, 6) is -0.0318. The van der Waals surface area contributed by atoms with E-state index in [0.717, 1.165) is 12.0 Å². The topological polar surface area (TPSA) is 51.0 Å². The van der Waals surface area contributed by atoms with Gasteiger partial charge in [-0.15, -0.1) is 0 Å². The number of hydrogen-bond acceptors (Lipinski definition) is 3. The Bertz CT molecular complexity index is 550. The van der Waals surface area contributed by atoms with Gasteiger partial charge >= 0.3 is 0 Å². The number of nitrogens with zero attached hydrogens (tertiary/aromatic N) is 4. The number of hydrogen-bond donors (Lipinski definition) is 0. The molecule has 1 atom stereocenters. The molecule has 1 unspecified atom stereocenters. The molecule has 0 aliphatic carbocycles. The maximum absolute atomic E-state index is 12.4. The van der Waals surface area contributed by atoms with Crippen LogP contribution in [0.5, 0.6) is 0 Å². The van der Waals surface area contributed by atoms with Gasteiger partial charge in [0.2, 0.25) is 0 Å². The first-order chi connectivity index (χ1) is 9.15. The Morgan fingerprint density at radius 1 is 1.42 bits per heavy atom. The van der Waals surface area contributed by atoms with Crippen molar-refractivity contribution in [2.24, 2.45) is 7.05 Å². The van der Waals surface area contributed by atoms with Crippen LogP contribution in [0.1, 0.15) is 35.4 Å². The van der Waals surface area contributed by atoms with Gasteiger partial charge in [0.05, 0.1) is 18.6 Å². The van der Waals surface area contributed by atoms with Crippen LogP contribution in [-0.4, -0.2) is 32.4 Å². The third kappa shape index (κ3) is 2.65. The van der Waals surface area contributed by atoms with Gasteiger partial charge < -0.3 is 9.47 Å². The Balaban J connectivity index is 2.25. The molecule has 5 nitrogen and oxygen atoms in total. The van der Waals surface area contributed by atoms with Gasteiger partial charge in [-0.25, -0.2) is 4.98 Å². The summed E-state index contributed by atoms with van der Waals surface area (Å²) in [5.41, 5.74) is 1.63. The molecular formula is C14H18N4O. The summed E-state index contributed by atoms with van der Waals surface area (Å²) < 4.78 is 1.73. The highest BCUT2D eigenvalue weighted by atomic mass is 16.2. The van der Waals surface area contributed by atoms with E-state index < -0.39 is 0 Å². The second kappa shape index (κ2) is 5.65. The Labute approximate surface area is 112 Å². The molecule has 19 heavy (non-hydrogen) atoms. The normalized spacial score (nSPS) is 12.2. The molecule has 2 aromatic rings. The van der Waals surface area contributed by atoms with Crippen molar-refractivity contribution in [1.29, 1.82) is 0 Å². The van der Waals surface area contributed by atoms with E-state index >= 15 is 0 Å². The van der Waals surface area contributed by atoms with Gasteiger partial charge in [0.15, 0.2) is 0 Å². The minimum atomic E-state index is -0.0318. The summed E-state index contributed by atoms with van der Waals surface area (Å²) in [4.78, 5) is 22.3. The molecule has 2 rings (SSSR count). The molecule has 0 saturated heterocycles. The first-order valence-corrected chi connectivity index (χ1v) is 6.28. The van der Waals surface area contributed by atoms with E-state index in [-0.39, 0.29) is 11.9 Å². The second-order valence-electron chi connectivity index (χ2n) is 4.52. The minimum Gasteiger partial charge on any atom is -0.333 e. The smallest absolute Gasteiger partial charge is 0.272 e. The monoisotopic (exact) mass is 258 g/mol. The van der Waals surface area contributed by atoms with Crippen LogP contribution in [0.4, 0.5) is 0 Å². The zero-order valence-corrected chi connectivity index (χ0v) is 11.4. The first kappa shape index (κ1) is 13.3. The molecule has 0 saturated carbocycles. The summed E-state index contributed by atoms with van der Waals surface area (Å²) in [6.07, 6.45) is 7.60. The molecule has 0 radical (unpaired) electrons. The van der Waals surface area contributed by atoms with Gasteiger partial charge in [-0.1, -0.05) is 13.0 Å². The molecule has 0 N–H and O–H groups in total. The maximum atomic E-state index is 12.4. The Hall–Kier alpha value is -2.17. The van der Waals surface area contributed by atoms with Crippen LogP contribution in [0.25, 0.3) is 0 Å². The van der Waals surface area contributed by atoms with Gasteiger partial charge in [-0.2, -0.15) is 0 Å². The average molecular weight is 258 g/mol. The Kier molecular flexibility index (Phi) is 3.94. The zero-order valence-electron chi connectivity index (χ0n) is 11.4. The lowest BCUT2D eigenvalue weighted by molar-refractivity contribution is 0.0716. The van der Waals surface area contributed by atoms with Crippen LogP contribution < -0.4 is 0 Å². The lowest BCUT2D eigenvalue weighted by Crippen LogP contribution is -2.32. The SMILES string of the molecule is CCC(c1cccnc1)N(C)C(=O)c1cncn1C. The quantitative estimate of drug-likeness (QED) is 0.843. The second-order valence-corrected chi connectivity index (χ2v) is 4.52. The van der Waals surface area contributed by atoms with Crippen molar-refractivity contribution in [1.82, 2.24) is 19.4 Å². The fraction of sp³-hybridized carbons (Fsp3) is 0.357. The molecule has 2 heterocycles. The van der Waals surface area contributed by atoms with E-state index in [1.54, 1.807) is 34.4 Å². The molecule has 0 spiro atoms. The highest BCUT2D eigenvalue weighted by molar-refractivity contribution is 5.92. The van der Waals surface area contributed by atoms with Gasteiger partial charge in [-0.3, -0.25) is 9.78 Å². The maximum Gasteiger partial charge on any atom is 0.272 e. The van der Waals surface area contributed by atoms with E-state index in [4.69, 9.17) is 0 Å². The number of aryl methyl sites for hydroxylation is 1. The summed E-state index contributed by atoms with van der Waals surface area (Å²) in [5, 5.41) is 0. The predicted molar refractivity (Wildman–Crippen MR) is 72.6 cm³/mol. The number of imidazole rings is 1. The van der Waals surface area contributed by atoms with E-state index in [1.165, 1.54) is 0 Å². The number of carbonyl (C=O) groups is 1. The van der Waals surface area contributed by atoms with Crippen molar-refractivity contribution < 1.29 is 4.79 Å². The fourth-order valence-corrected chi connectivity index (χ4v) is 2.19. The fourth-order valence-electron chi connectivity index (χ4n) is 2.19. The lowest BCUT2D eigenvalue weighted by Gasteiger charge is -2.27. The average Bonchev–Trinajstić information content (AvgIpc) is 2.86. The number of pyridine rings is 1. The molecule has 0 aliphatic heterocycles. The van der Waals surface area contributed by atoms with Gasteiger partial charge in [0.25, 0.3) is 5.91 Å². The standard InChI is InChI=1S/C14H18N4O/c1-4-12(11-6-5-7-15-8-11)18(3)14(19)13-9-16-10-17(13)2/h5-10,12H,4H2,1-3H3. The van der Waals surface area contributed by atoms with Crippen molar-refractivity contribution in [3.63, 3.8) is 0 Å². The number of aromatic nitrogens is 3. The largest absolute Gasteiger partial charge is 0.333 e. The van der Waals surface area contributed by atoms with Crippen molar-refractivity contribution in [3.8, 4) is 0 Å². The Morgan fingerprint density at radius 3 is 2.74 bits per heavy atom. The van der Waals surface area contributed by atoms with Crippen LogP contribution in [0, 0.1) is 0 Å². The van der Waals surface area contributed by atoms with Gasteiger partial charge in [-0.05, 0) is 18.1 Å². The highest BCUT2D eigenvalue weighted by Crippen LogP contribution is 2.23. The summed E-state index contributed by atoms with van der Waals surface area (Å²) in [6.45, 7) is 2.06. The molecule has 2 aromatic heterocycles. The van der Waals surface area contributed by atoms with Crippen molar-refractivity contribution in [2.45, 2.75) is 19.4 Å². The van der Waals surface area contributed by atoms with Crippen LogP contribution in [-0.2, 0) is 7.05 Å². The predicted octanol–water partition coefficient (Wildman–Crippen LogP) is 2.04. The van der Waals surface area contributed by atoms with Crippen LogP contribution in [0.3, 0.4) is 0 Å². The molecule has 100 valence electrons. The molecule has 0 aliphatic rings. The lowest BCUT2D eigenvalue weighted by atomic mass is 10.1. The van der Waals surface area contributed by atoms with Crippen LogP contribution in [0.2, 0.25) is 0 Å². The number of amides is 1. The van der Waals surface area contributed by atoms with E-state index in [9.17, 15) is 4.79 Å². The highest BCUT2D eigenvalue weighted by Gasteiger charge is 2.23. The van der Waals surface area contributed by atoms with Crippen LogP contribution in [0.15, 0.2) is 37.1 Å². The van der Waals surface area contributed by atoms with Gasteiger partial charge in [0, 0.05) is 26.5 Å². The zero-order chi connectivity index (χ0) is 13.8. The van der Waals surface area contributed by atoms with Gasteiger partial charge in [0.1, 0.15) is 5.69 Å². The summed E-state index contributed by atoms with van der Waals surface area (Å²) in [6, 6.07) is 3.91. The van der Waals surface area contributed by atoms with E-state index in [1.807, 2.05) is 26.2 Å². The Morgan fingerprint density at radius 2 is 2.21 bits per heavy atom. The molecule has 5 heteroatoms. The molecule has 0 aromatic carbocycles. The third-order valence-electron chi connectivity index (χ3n) is 3.28. The molecule has 0 fully saturated rings. The third-order valence-corrected chi connectivity index (χ3v) is 3.28. The number of rotatable bonds is 4. The molecule has 0 bridgehead atoms. The van der Waals surface area contributed by atoms with E-state index in [2.05, 4.69) is 16.9 Å². The minimum absolute atomic E-state index is 0.0242. The van der Waals surface area contributed by atoms with Crippen molar-refractivity contribution in [3.05, 3.63) is 48.3 Å². The molecule has 1 amide bonds. The van der Waals surface area contributed by atoms with E-state index in [0.29, 0.717) is 5.69 Å². The first-order valence-electron chi connectivity index (χ1n) is 6.28. The van der Waals surface area contributed by atoms with Crippen molar-refractivity contribution in [2.75, 3.05) is 7.05 Å². The summed E-state index contributed by atoms with van der Waals surface area (Å²) in [7, 11) is 3.63. The number of carbonyl (C=O) groups excluding carboxylic acids is 1. The summed E-state index contributed by atoms with van der Waals surface area (Å²) >= 11 is 0. The molecular weight excluding hydrogens is 240 g/mol. The van der Waals surface area contributed by atoms with Crippen molar-refractivity contribution >= 4 is 5.91 Å².